The Morgan fingerprint density at radius 3 is 2.71 bits per heavy atom. The lowest BCUT2D eigenvalue weighted by Crippen LogP contribution is -2.37. The number of aromatic nitrogens is 1. The van der Waals surface area contributed by atoms with Crippen LogP contribution in [0.1, 0.15) is 26.0 Å². The van der Waals surface area contributed by atoms with Crippen molar-refractivity contribution in [2.45, 2.75) is 26.8 Å². The van der Waals surface area contributed by atoms with E-state index in [-0.39, 0.29) is 0 Å². The molecule has 0 atom stereocenters. The van der Waals surface area contributed by atoms with E-state index in [2.05, 4.69) is 27.7 Å². The minimum absolute atomic E-state index is 0.495. The van der Waals surface area contributed by atoms with Gasteiger partial charge in [0.1, 0.15) is 5.69 Å². The first-order valence-corrected chi connectivity index (χ1v) is 7.36. The van der Waals surface area contributed by atoms with Crippen molar-refractivity contribution in [3.63, 3.8) is 0 Å². The molecule has 5 heteroatoms. The highest BCUT2D eigenvalue weighted by Gasteiger charge is 2.06. The standard InChI is InChI=1S/C16H22N4O/c1-3-10-18-16(17-4-2)19-12-14-11-15(21-20-14)13-8-6-5-7-9-13/h5-9,11H,3-4,10,12H2,1-2H3,(H2,17,18,19). The third kappa shape index (κ3) is 4.63. The number of benzene rings is 1. The molecule has 2 rings (SSSR count). The highest BCUT2D eigenvalue weighted by molar-refractivity contribution is 5.79. The lowest BCUT2D eigenvalue weighted by atomic mass is 10.2. The van der Waals surface area contributed by atoms with E-state index < -0.39 is 0 Å². The van der Waals surface area contributed by atoms with Crippen molar-refractivity contribution in [3.8, 4) is 11.3 Å². The molecule has 112 valence electrons. The van der Waals surface area contributed by atoms with Crippen LogP contribution in [0.25, 0.3) is 11.3 Å². The molecule has 0 aliphatic rings. The maximum atomic E-state index is 5.36. The minimum atomic E-state index is 0.495. The number of nitrogens with zero attached hydrogens (tertiary/aromatic N) is 2. The van der Waals surface area contributed by atoms with Gasteiger partial charge in [-0.05, 0) is 13.3 Å². The van der Waals surface area contributed by atoms with Crippen molar-refractivity contribution in [2.24, 2.45) is 4.99 Å². The molecule has 21 heavy (non-hydrogen) atoms. The first-order chi connectivity index (χ1) is 10.3. The summed E-state index contributed by atoms with van der Waals surface area (Å²) in [5.41, 5.74) is 1.85. The molecule has 2 N–H and O–H groups in total. The zero-order valence-electron chi connectivity index (χ0n) is 12.6. The van der Waals surface area contributed by atoms with Gasteiger partial charge < -0.3 is 15.2 Å². The summed E-state index contributed by atoms with van der Waals surface area (Å²) >= 11 is 0. The lowest BCUT2D eigenvalue weighted by Gasteiger charge is -2.09. The maximum absolute atomic E-state index is 5.36. The van der Waals surface area contributed by atoms with Crippen LogP contribution in [0.5, 0.6) is 0 Å². The van der Waals surface area contributed by atoms with Crippen molar-refractivity contribution in [1.82, 2.24) is 15.8 Å². The quantitative estimate of drug-likeness (QED) is 0.633. The second-order valence-electron chi connectivity index (χ2n) is 4.67. The Bertz CT molecular complexity index is 563. The van der Waals surface area contributed by atoms with Gasteiger partial charge in [-0.3, -0.25) is 0 Å². The van der Waals surface area contributed by atoms with Crippen molar-refractivity contribution < 1.29 is 4.52 Å². The zero-order chi connectivity index (χ0) is 14.9. The molecule has 0 aliphatic carbocycles. The van der Waals surface area contributed by atoms with Gasteiger partial charge in [-0.1, -0.05) is 42.4 Å². The fourth-order valence-electron chi connectivity index (χ4n) is 1.87. The topological polar surface area (TPSA) is 62.5 Å². The molecule has 1 aromatic heterocycles. The van der Waals surface area contributed by atoms with E-state index in [9.17, 15) is 0 Å². The van der Waals surface area contributed by atoms with Crippen LogP contribution in [0.15, 0.2) is 45.9 Å². The van der Waals surface area contributed by atoms with Crippen LogP contribution in [0.3, 0.4) is 0 Å². The Morgan fingerprint density at radius 2 is 2.00 bits per heavy atom. The molecule has 1 heterocycles. The molecular weight excluding hydrogens is 264 g/mol. The van der Waals surface area contributed by atoms with Gasteiger partial charge in [-0.15, -0.1) is 0 Å². The summed E-state index contributed by atoms with van der Waals surface area (Å²) in [5, 5.41) is 10.5. The number of hydrogen-bond donors (Lipinski definition) is 2. The van der Waals surface area contributed by atoms with Crippen LogP contribution in [-0.2, 0) is 6.54 Å². The second-order valence-corrected chi connectivity index (χ2v) is 4.67. The van der Waals surface area contributed by atoms with Crippen LogP contribution in [0.4, 0.5) is 0 Å². The molecule has 0 saturated carbocycles. The van der Waals surface area contributed by atoms with Crippen LogP contribution < -0.4 is 10.6 Å². The van der Waals surface area contributed by atoms with Crippen molar-refractivity contribution in [1.29, 1.82) is 0 Å². The number of guanidine groups is 1. The van der Waals surface area contributed by atoms with E-state index in [0.29, 0.717) is 6.54 Å². The van der Waals surface area contributed by atoms with Crippen LogP contribution in [0.2, 0.25) is 0 Å². The summed E-state index contributed by atoms with van der Waals surface area (Å²) in [7, 11) is 0. The third-order valence-electron chi connectivity index (χ3n) is 2.90. The third-order valence-corrected chi connectivity index (χ3v) is 2.90. The summed E-state index contributed by atoms with van der Waals surface area (Å²) in [6.07, 6.45) is 1.06. The molecule has 0 aliphatic heterocycles. The average molecular weight is 286 g/mol. The van der Waals surface area contributed by atoms with Gasteiger partial charge in [0.25, 0.3) is 0 Å². The Kier molecular flexibility index (Phi) is 5.82. The zero-order valence-corrected chi connectivity index (χ0v) is 12.6. The van der Waals surface area contributed by atoms with E-state index in [0.717, 1.165) is 42.5 Å². The maximum Gasteiger partial charge on any atom is 0.191 e. The summed E-state index contributed by atoms with van der Waals surface area (Å²) < 4.78 is 5.36. The van der Waals surface area contributed by atoms with Gasteiger partial charge in [-0.25, -0.2) is 4.99 Å². The molecule has 1 aromatic carbocycles. The van der Waals surface area contributed by atoms with Crippen molar-refractivity contribution >= 4 is 5.96 Å². The fraction of sp³-hybridized carbons (Fsp3) is 0.375. The van der Waals surface area contributed by atoms with Gasteiger partial charge in [0, 0.05) is 24.7 Å². The Balaban J connectivity index is 2.01. The van der Waals surface area contributed by atoms with E-state index in [1.54, 1.807) is 0 Å². The summed E-state index contributed by atoms with van der Waals surface area (Å²) in [5.74, 6) is 1.58. The number of hydrogen-bond acceptors (Lipinski definition) is 3. The molecular formula is C16H22N4O. The SMILES string of the molecule is CCCNC(=NCc1cc(-c2ccccc2)on1)NCC. The van der Waals surface area contributed by atoms with Crippen molar-refractivity contribution in [2.75, 3.05) is 13.1 Å². The molecule has 0 fully saturated rings. The first kappa shape index (κ1) is 15.1. The minimum Gasteiger partial charge on any atom is -0.357 e. The Hall–Kier alpha value is -2.30. The van der Waals surface area contributed by atoms with Crippen LogP contribution in [0, 0.1) is 0 Å². The molecule has 0 bridgehead atoms. The fourth-order valence-corrected chi connectivity index (χ4v) is 1.87. The average Bonchev–Trinajstić information content (AvgIpc) is 3.00. The Morgan fingerprint density at radius 1 is 1.19 bits per heavy atom. The predicted octanol–water partition coefficient (Wildman–Crippen LogP) is 2.81. The summed E-state index contributed by atoms with van der Waals surface area (Å²) in [4.78, 5) is 4.50. The van der Waals surface area contributed by atoms with Crippen LogP contribution >= 0.6 is 0 Å². The smallest absolute Gasteiger partial charge is 0.191 e. The highest BCUT2D eigenvalue weighted by Crippen LogP contribution is 2.19. The molecule has 0 radical (unpaired) electrons. The van der Waals surface area contributed by atoms with Gasteiger partial charge in [0.15, 0.2) is 11.7 Å². The molecule has 5 nitrogen and oxygen atoms in total. The van der Waals surface area contributed by atoms with Gasteiger partial charge >= 0.3 is 0 Å². The molecule has 0 amide bonds. The monoisotopic (exact) mass is 286 g/mol. The van der Waals surface area contributed by atoms with E-state index in [4.69, 9.17) is 4.52 Å². The molecule has 0 unspecified atom stereocenters. The summed E-state index contributed by atoms with van der Waals surface area (Å²) in [6, 6.07) is 11.9. The molecule has 0 saturated heterocycles. The lowest BCUT2D eigenvalue weighted by molar-refractivity contribution is 0.424. The molecule has 2 aromatic rings. The number of nitrogens with one attached hydrogen (secondary N) is 2. The van der Waals surface area contributed by atoms with E-state index in [1.807, 2.05) is 43.3 Å². The van der Waals surface area contributed by atoms with Gasteiger partial charge in [-0.2, -0.15) is 0 Å². The largest absolute Gasteiger partial charge is 0.357 e. The predicted molar refractivity (Wildman–Crippen MR) is 85.0 cm³/mol. The normalized spacial score (nSPS) is 11.4. The molecule has 0 spiro atoms. The summed E-state index contributed by atoms with van der Waals surface area (Å²) in [6.45, 7) is 6.41. The van der Waals surface area contributed by atoms with E-state index in [1.165, 1.54) is 0 Å². The van der Waals surface area contributed by atoms with Crippen molar-refractivity contribution in [3.05, 3.63) is 42.1 Å². The number of aliphatic imine (C=N–C) groups is 1. The Labute approximate surface area is 125 Å². The van der Waals surface area contributed by atoms with Gasteiger partial charge in [0.05, 0.1) is 6.54 Å². The van der Waals surface area contributed by atoms with Crippen LogP contribution in [-0.4, -0.2) is 24.2 Å². The highest BCUT2D eigenvalue weighted by atomic mass is 16.5. The van der Waals surface area contributed by atoms with Gasteiger partial charge in [0.2, 0.25) is 0 Å². The number of rotatable bonds is 6. The second kappa shape index (κ2) is 8.09. The van der Waals surface area contributed by atoms with E-state index >= 15 is 0 Å². The first-order valence-electron chi connectivity index (χ1n) is 7.36.